The van der Waals surface area contributed by atoms with Gasteiger partial charge >= 0.3 is 0 Å². The molecule has 1 aromatic carbocycles. The zero-order chi connectivity index (χ0) is 12.4. The molecule has 18 heavy (non-hydrogen) atoms. The lowest BCUT2D eigenvalue weighted by molar-refractivity contribution is 0.184. The fourth-order valence-electron chi connectivity index (χ4n) is 3.39. The zero-order valence-electron chi connectivity index (χ0n) is 11.4. The number of nitrogens with zero attached hydrogens (tertiary/aromatic N) is 1. The van der Waals surface area contributed by atoms with Crippen LogP contribution in [0.25, 0.3) is 0 Å². The first kappa shape index (κ1) is 12.2. The molecular formula is C16H24N2. The molecule has 2 aliphatic rings. The van der Waals surface area contributed by atoms with Gasteiger partial charge in [-0.3, -0.25) is 4.90 Å². The van der Waals surface area contributed by atoms with Crippen LogP contribution >= 0.6 is 0 Å². The van der Waals surface area contributed by atoms with Crippen molar-refractivity contribution in [2.75, 3.05) is 7.05 Å². The highest BCUT2D eigenvalue weighted by molar-refractivity contribution is 5.34. The van der Waals surface area contributed by atoms with Gasteiger partial charge in [-0.1, -0.05) is 37.5 Å². The van der Waals surface area contributed by atoms with Gasteiger partial charge in [-0.15, -0.1) is 0 Å². The molecule has 0 atom stereocenters. The van der Waals surface area contributed by atoms with Crippen molar-refractivity contribution >= 4 is 0 Å². The summed E-state index contributed by atoms with van der Waals surface area (Å²) in [7, 11) is 2.29. The molecule has 98 valence electrons. The van der Waals surface area contributed by atoms with Crippen LogP contribution in [0.5, 0.6) is 0 Å². The number of nitrogens with one attached hydrogen (secondary N) is 1. The van der Waals surface area contributed by atoms with Crippen LogP contribution in [-0.2, 0) is 19.6 Å². The van der Waals surface area contributed by atoms with Gasteiger partial charge in [-0.25, -0.2) is 0 Å². The summed E-state index contributed by atoms with van der Waals surface area (Å²) in [6, 6.07) is 7.82. The van der Waals surface area contributed by atoms with Gasteiger partial charge in [0.2, 0.25) is 0 Å². The highest BCUT2D eigenvalue weighted by atomic mass is 15.1. The van der Waals surface area contributed by atoms with Gasteiger partial charge in [0, 0.05) is 25.7 Å². The van der Waals surface area contributed by atoms with Crippen LogP contribution in [0, 0.1) is 0 Å². The molecule has 1 aromatic rings. The SMILES string of the molecule is CN(Cc1ccc2c(c1)CNC2)C1CCCCC1. The molecule has 1 aliphatic carbocycles. The molecule has 0 amide bonds. The van der Waals surface area contributed by atoms with Crippen molar-refractivity contribution in [3.8, 4) is 0 Å². The van der Waals surface area contributed by atoms with E-state index in [0.717, 1.165) is 25.7 Å². The Bertz CT molecular complexity index is 408. The Balaban J connectivity index is 1.64. The lowest BCUT2D eigenvalue weighted by Crippen LogP contribution is -2.32. The van der Waals surface area contributed by atoms with E-state index in [4.69, 9.17) is 0 Å². The minimum atomic E-state index is 0.810. The van der Waals surface area contributed by atoms with Crippen molar-refractivity contribution in [3.05, 3.63) is 34.9 Å². The van der Waals surface area contributed by atoms with Crippen LogP contribution in [0.2, 0.25) is 0 Å². The predicted octanol–water partition coefficient (Wildman–Crippen LogP) is 3.05. The molecule has 1 N–H and O–H groups in total. The maximum atomic E-state index is 3.42. The predicted molar refractivity (Wildman–Crippen MR) is 75.3 cm³/mol. The molecule has 1 fully saturated rings. The third-order valence-corrected chi connectivity index (χ3v) is 4.53. The summed E-state index contributed by atoms with van der Waals surface area (Å²) in [4.78, 5) is 2.56. The van der Waals surface area contributed by atoms with Crippen LogP contribution in [0.3, 0.4) is 0 Å². The van der Waals surface area contributed by atoms with Crippen molar-refractivity contribution in [3.63, 3.8) is 0 Å². The van der Waals surface area contributed by atoms with Crippen molar-refractivity contribution in [2.45, 2.75) is 57.8 Å². The van der Waals surface area contributed by atoms with Gasteiger partial charge in [0.05, 0.1) is 0 Å². The van der Waals surface area contributed by atoms with Gasteiger partial charge in [-0.2, -0.15) is 0 Å². The maximum Gasteiger partial charge on any atom is 0.0233 e. The standard InChI is InChI=1S/C16H24N2/c1-18(16-5-3-2-4-6-16)12-13-7-8-14-10-17-11-15(14)9-13/h7-9,16-17H,2-6,10-12H2,1H3. The average Bonchev–Trinajstić information content (AvgIpc) is 2.87. The molecule has 0 spiro atoms. The second-order valence-electron chi connectivity index (χ2n) is 5.91. The topological polar surface area (TPSA) is 15.3 Å². The van der Waals surface area contributed by atoms with Gasteiger partial charge in [-0.05, 0) is 36.6 Å². The van der Waals surface area contributed by atoms with E-state index in [2.05, 4.69) is 35.5 Å². The van der Waals surface area contributed by atoms with E-state index in [0.29, 0.717) is 0 Å². The fraction of sp³-hybridized carbons (Fsp3) is 0.625. The molecule has 1 saturated carbocycles. The summed E-state index contributed by atoms with van der Waals surface area (Å²) in [5, 5.41) is 3.42. The summed E-state index contributed by atoms with van der Waals surface area (Å²) in [6.45, 7) is 3.21. The zero-order valence-corrected chi connectivity index (χ0v) is 11.4. The third-order valence-electron chi connectivity index (χ3n) is 4.53. The normalized spacial score (nSPS) is 20.3. The highest BCUT2D eigenvalue weighted by Crippen LogP contribution is 2.24. The Labute approximate surface area is 110 Å². The highest BCUT2D eigenvalue weighted by Gasteiger charge is 2.18. The summed E-state index contributed by atoms with van der Waals surface area (Å²) in [5.41, 5.74) is 4.47. The van der Waals surface area contributed by atoms with Crippen LogP contribution in [0.15, 0.2) is 18.2 Å². The Hall–Kier alpha value is -0.860. The van der Waals surface area contributed by atoms with Crippen molar-refractivity contribution in [1.82, 2.24) is 10.2 Å². The average molecular weight is 244 g/mol. The van der Waals surface area contributed by atoms with E-state index >= 15 is 0 Å². The van der Waals surface area contributed by atoms with E-state index < -0.39 is 0 Å². The second kappa shape index (κ2) is 5.41. The Morgan fingerprint density at radius 2 is 1.89 bits per heavy atom. The molecule has 2 nitrogen and oxygen atoms in total. The van der Waals surface area contributed by atoms with E-state index in [1.807, 2.05) is 0 Å². The summed E-state index contributed by atoms with van der Waals surface area (Å²) < 4.78 is 0. The molecule has 0 aromatic heterocycles. The number of hydrogen-bond acceptors (Lipinski definition) is 2. The van der Waals surface area contributed by atoms with Crippen molar-refractivity contribution < 1.29 is 0 Å². The Morgan fingerprint density at radius 3 is 2.72 bits per heavy atom. The second-order valence-corrected chi connectivity index (χ2v) is 5.91. The number of benzene rings is 1. The minimum absolute atomic E-state index is 0.810. The fourth-order valence-corrected chi connectivity index (χ4v) is 3.39. The third kappa shape index (κ3) is 2.60. The van der Waals surface area contributed by atoms with E-state index in [1.54, 1.807) is 0 Å². The number of rotatable bonds is 3. The van der Waals surface area contributed by atoms with Crippen LogP contribution in [0.4, 0.5) is 0 Å². The first-order chi connectivity index (χ1) is 8.83. The molecule has 2 heteroatoms. The Morgan fingerprint density at radius 1 is 1.11 bits per heavy atom. The van der Waals surface area contributed by atoms with Crippen LogP contribution in [-0.4, -0.2) is 18.0 Å². The van der Waals surface area contributed by atoms with E-state index in [9.17, 15) is 0 Å². The first-order valence-corrected chi connectivity index (χ1v) is 7.34. The lowest BCUT2D eigenvalue weighted by atomic mass is 9.94. The van der Waals surface area contributed by atoms with Crippen molar-refractivity contribution in [1.29, 1.82) is 0 Å². The van der Waals surface area contributed by atoms with E-state index in [-0.39, 0.29) is 0 Å². The van der Waals surface area contributed by atoms with Gasteiger partial charge in [0.25, 0.3) is 0 Å². The lowest BCUT2D eigenvalue weighted by Gasteiger charge is -2.31. The maximum absolute atomic E-state index is 3.42. The summed E-state index contributed by atoms with van der Waals surface area (Å²) >= 11 is 0. The number of hydrogen-bond donors (Lipinski definition) is 1. The quantitative estimate of drug-likeness (QED) is 0.879. The molecule has 0 unspecified atom stereocenters. The monoisotopic (exact) mass is 244 g/mol. The molecule has 0 saturated heterocycles. The van der Waals surface area contributed by atoms with Gasteiger partial charge in [0.1, 0.15) is 0 Å². The summed E-state index contributed by atoms with van der Waals surface area (Å²) in [6.07, 6.45) is 7.06. The largest absolute Gasteiger partial charge is 0.309 e. The first-order valence-electron chi connectivity index (χ1n) is 7.34. The molecular weight excluding hydrogens is 220 g/mol. The van der Waals surface area contributed by atoms with Crippen LogP contribution < -0.4 is 5.32 Å². The smallest absolute Gasteiger partial charge is 0.0233 e. The number of fused-ring (bicyclic) bond motifs is 1. The minimum Gasteiger partial charge on any atom is -0.309 e. The van der Waals surface area contributed by atoms with Gasteiger partial charge < -0.3 is 5.32 Å². The van der Waals surface area contributed by atoms with Gasteiger partial charge in [0.15, 0.2) is 0 Å². The van der Waals surface area contributed by atoms with E-state index in [1.165, 1.54) is 48.8 Å². The van der Waals surface area contributed by atoms with Crippen LogP contribution in [0.1, 0.15) is 48.8 Å². The molecule has 1 heterocycles. The van der Waals surface area contributed by atoms with Crippen molar-refractivity contribution in [2.24, 2.45) is 0 Å². The molecule has 3 rings (SSSR count). The molecule has 0 bridgehead atoms. The molecule has 1 aliphatic heterocycles. The summed E-state index contributed by atoms with van der Waals surface area (Å²) in [5.74, 6) is 0. The molecule has 0 radical (unpaired) electrons. The Kier molecular flexibility index (Phi) is 3.67.